The molecule has 1 fully saturated rings. The molecule has 114 valence electrons. The van der Waals surface area contributed by atoms with Gasteiger partial charge in [-0.2, -0.15) is 0 Å². The summed E-state index contributed by atoms with van der Waals surface area (Å²) in [6, 6.07) is 8.05. The Morgan fingerprint density at radius 3 is 2.71 bits per heavy atom. The van der Waals surface area contributed by atoms with E-state index in [1.54, 1.807) is 7.11 Å². The van der Waals surface area contributed by atoms with Crippen molar-refractivity contribution < 1.29 is 19.4 Å². The molecule has 1 atom stereocenters. The maximum atomic E-state index is 11.7. The smallest absolute Gasteiger partial charge is 0.322 e. The zero-order valence-electron chi connectivity index (χ0n) is 12.0. The number of nitrogens with one attached hydrogen (secondary N) is 1. The molecule has 1 amide bonds. The van der Waals surface area contributed by atoms with Crippen molar-refractivity contribution in [1.29, 1.82) is 0 Å². The maximum Gasteiger partial charge on any atom is 0.322 e. The first kappa shape index (κ1) is 15.3. The number of methoxy groups -OCH3 is 1. The summed E-state index contributed by atoms with van der Waals surface area (Å²) < 4.78 is 5.14. The molecule has 0 spiro atoms. The molecule has 0 bridgehead atoms. The number of carboxylic acid groups (broad SMARTS) is 1. The Morgan fingerprint density at radius 2 is 2.10 bits per heavy atom. The van der Waals surface area contributed by atoms with Gasteiger partial charge in [0.1, 0.15) is 12.3 Å². The van der Waals surface area contributed by atoms with Gasteiger partial charge in [0.2, 0.25) is 5.91 Å². The number of amides is 1. The van der Waals surface area contributed by atoms with Crippen LogP contribution in [0.2, 0.25) is 0 Å². The van der Waals surface area contributed by atoms with E-state index in [4.69, 9.17) is 9.84 Å². The predicted molar refractivity (Wildman–Crippen MR) is 77.2 cm³/mol. The molecule has 0 saturated carbocycles. The molecule has 6 heteroatoms. The van der Waals surface area contributed by atoms with Gasteiger partial charge in [0, 0.05) is 6.04 Å². The highest BCUT2D eigenvalue weighted by molar-refractivity contribution is 5.82. The van der Waals surface area contributed by atoms with Crippen molar-refractivity contribution in [3.8, 4) is 5.75 Å². The Balaban J connectivity index is 1.96. The summed E-state index contributed by atoms with van der Waals surface area (Å²) in [6.45, 7) is 0.737. The van der Waals surface area contributed by atoms with Crippen LogP contribution >= 0.6 is 0 Å². The lowest BCUT2D eigenvalue weighted by Crippen LogP contribution is -2.39. The molecule has 1 unspecified atom stereocenters. The molecule has 1 aliphatic heterocycles. The fourth-order valence-corrected chi connectivity index (χ4v) is 2.63. The van der Waals surface area contributed by atoms with E-state index >= 15 is 0 Å². The number of aliphatic carboxylic acids is 1. The Kier molecular flexibility index (Phi) is 5.16. The van der Waals surface area contributed by atoms with E-state index in [-0.39, 0.29) is 25.0 Å². The van der Waals surface area contributed by atoms with Gasteiger partial charge in [0.15, 0.2) is 0 Å². The minimum atomic E-state index is -1.03. The van der Waals surface area contributed by atoms with Crippen LogP contribution in [0.5, 0.6) is 5.75 Å². The molecular weight excluding hydrogens is 272 g/mol. The van der Waals surface area contributed by atoms with Crippen LogP contribution in [0, 0.1) is 0 Å². The molecule has 0 aromatic heterocycles. The van der Waals surface area contributed by atoms with Crippen LogP contribution in [0.25, 0.3) is 0 Å². The molecule has 1 saturated heterocycles. The highest BCUT2D eigenvalue weighted by Gasteiger charge is 2.27. The number of ether oxygens (including phenoxy) is 1. The lowest BCUT2D eigenvalue weighted by atomic mass is 10.0. The summed E-state index contributed by atoms with van der Waals surface area (Å²) in [7, 11) is 1.63. The number of hydrogen-bond acceptors (Lipinski definition) is 4. The third-order valence-corrected chi connectivity index (χ3v) is 3.65. The monoisotopic (exact) mass is 292 g/mol. The van der Waals surface area contributed by atoms with Crippen molar-refractivity contribution in [3.05, 3.63) is 29.8 Å². The molecule has 1 aliphatic rings. The SMILES string of the molecule is COc1ccc(C2CCCN2CC(=O)NCC(=O)O)cc1. The second kappa shape index (κ2) is 7.08. The summed E-state index contributed by atoms with van der Waals surface area (Å²) in [4.78, 5) is 24.3. The van der Waals surface area contributed by atoms with Crippen LogP contribution < -0.4 is 10.1 Å². The van der Waals surface area contributed by atoms with E-state index in [9.17, 15) is 9.59 Å². The van der Waals surface area contributed by atoms with Gasteiger partial charge in [-0.1, -0.05) is 12.1 Å². The molecule has 2 rings (SSSR count). The zero-order chi connectivity index (χ0) is 15.2. The number of likely N-dealkylation sites (tertiary alicyclic amines) is 1. The number of carbonyl (C=O) groups is 2. The highest BCUT2D eigenvalue weighted by atomic mass is 16.5. The van der Waals surface area contributed by atoms with Gasteiger partial charge in [-0.15, -0.1) is 0 Å². The standard InChI is InChI=1S/C15H20N2O4/c1-21-12-6-4-11(5-7-12)13-3-2-8-17(13)10-14(18)16-9-15(19)20/h4-7,13H,2-3,8-10H2,1H3,(H,16,18)(H,19,20). The fourth-order valence-electron chi connectivity index (χ4n) is 2.63. The third kappa shape index (κ3) is 4.19. The quantitative estimate of drug-likeness (QED) is 0.819. The van der Waals surface area contributed by atoms with E-state index in [0.717, 1.165) is 30.7 Å². The minimum Gasteiger partial charge on any atom is -0.497 e. The van der Waals surface area contributed by atoms with Crippen LogP contribution in [-0.4, -0.2) is 48.6 Å². The van der Waals surface area contributed by atoms with Crippen molar-refractivity contribution >= 4 is 11.9 Å². The van der Waals surface area contributed by atoms with Crippen LogP contribution in [0.15, 0.2) is 24.3 Å². The normalized spacial score (nSPS) is 18.4. The van der Waals surface area contributed by atoms with Gasteiger partial charge in [-0.05, 0) is 37.1 Å². The second-order valence-electron chi connectivity index (χ2n) is 5.07. The van der Waals surface area contributed by atoms with Crippen molar-refractivity contribution in [2.45, 2.75) is 18.9 Å². The third-order valence-electron chi connectivity index (χ3n) is 3.65. The number of nitrogens with zero attached hydrogens (tertiary/aromatic N) is 1. The molecule has 1 heterocycles. The Bertz CT molecular complexity index is 501. The predicted octanol–water partition coefficient (Wildman–Crippen LogP) is 1.03. The van der Waals surface area contributed by atoms with Crippen LogP contribution in [0.1, 0.15) is 24.4 Å². The van der Waals surface area contributed by atoms with Crippen molar-refractivity contribution in [2.75, 3.05) is 26.7 Å². The first-order valence-corrected chi connectivity index (χ1v) is 6.96. The summed E-state index contributed by atoms with van der Waals surface area (Å²) in [5.41, 5.74) is 1.15. The fraction of sp³-hybridized carbons (Fsp3) is 0.467. The van der Waals surface area contributed by atoms with E-state index < -0.39 is 5.97 Å². The lowest BCUT2D eigenvalue weighted by Gasteiger charge is -2.24. The van der Waals surface area contributed by atoms with Crippen molar-refractivity contribution in [2.24, 2.45) is 0 Å². The summed E-state index contributed by atoms with van der Waals surface area (Å²) in [5.74, 6) is -0.475. The number of rotatable bonds is 6. The second-order valence-corrected chi connectivity index (χ2v) is 5.07. The Hall–Kier alpha value is -2.08. The largest absolute Gasteiger partial charge is 0.497 e. The molecule has 1 aromatic rings. The topological polar surface area (TPSA) is 78.9 Å². The molecule has 0 radical (unpaired) electrons. The van der Waals surface area contributed by atoms with Gasteiger partial charge in [-0.25, -0.2) is 0 Å². The van der Waals surface area contributed by atoms with Crippen molar-refractivity contribution in [1.82, 2.24) is 10.2 Å². The average molecular weight is 292 g/mol. The minimum absolute atomic E-state index is 0.200. The van der Waals surface area contributed by atoms with Gasteiger partial charge >= 0.3 is 5.97 Å². The van der Waals surface area contributed by atoms with E-state index in [1.807, 2.05) is 24.3 Å². The maximum absolute atomic E-state index is 11.7. The molecule has 2 N–H and O–H groups in total. The molecule has 6 nitrogen and oxygen atoms in total. The van der Waals surface area contributed by atoms with Gasteiger partial charge in [-0.3, -0.25) is 14.5 Å². The van der Waals surface area contributed by atoms with E-state index in [2.05, 4.69) is 10.2 Å². The molecular formula is C15H20N2O4. The molecule has 0 aliphatic carbocycles. The first-order chi connectivity index (χ1) is 10.1. The number of carboxylic acids is 1. The number of carbonyl (C=O) groups excluding carboxylic acids is 1. The average Bonchev–Trinajstić information content (AvgIpc) is 2.93. The van der Waals surface area contributed by atoms with Gasteiger partial charge in [0.25, 0.3) is 0 Å². The Labute approximate surface area is 123 Å². The van der Waals surface area contributed by atoms with E-state index in [1.165, 1.54) is 0 Å². The Morgan fingerprint density at radius 1 is 1.38 bits per heavy atom. The molecule has 1 aromatic carbocycles. The van der Waals surface area contributed by atoms with Gasteiger partial charge in [0.05, 0.1) is 13.7 Å². The lowest BCUT2D eigenvalue weighted by molar-refractivity contribution is -0.138. The van der Waals surface area contributed by atoms with Crippen LogP contribution in [0.4, 0.5) is 0 Å². The molecule has 21 heavy (non-hydrogen) atoms. The summed E-state index contributed by atoms with van der Waals surface area (Å²) >= 11 is 0. The van der Waals surface area contributed by atoms with Crippen molar-refractivity contribution in [3.63, 3.8) is 0 Å². The summed E-state index contributed by atoms with van der Waals surface area (Å²) in [5, 5.41) is 11.0. The van der Waals surface area contributed by atoms with Gasteiger partial charge < -0.3 is 15.2 Å². The zero-order valence-corrected chi connectivity index (χ0v) is 12.0. The van der Waals surface area contributed by atoms with E-state index in [0.29, 0.717) is 0 Å². The highest BCUT2D eigenvalue weighted by Crippen LogP contribution is 2.32. The van der Waals surface area contributed by atoms with Crippen LogP contribution in [0.3, 0.4) is 0 Å². The first-order valence-electron chi connectivity index (χ1n) is 6.96. The van der Waals surface area contributed by atoms with Crippen LogP contribution in [-0.2, 0) is 9.59 Å². The summed E-state index contributed by atoms with van der Waals surface area (Å²) in [6.07, 6.45) is 2.03. The number of benzene rings is 1. The number of hydrogen-bond donors (Lipinski definition) is 2.